The zero-order valence-electron chi connectivity index (χ0n) is 8.63. The van der Waals surface area contributed by atoms with Crippen LogP contribution in [-0.2, 0) is 0 Å². The fraction of sp³-hybridized carbons (Fsp3) is 0.889. The zero-order chi connectivity index (χ0) is 9.84. The van der Waals surface area contributed by atoms with E-state index in [0.717, 1.165) is 11.7 Å². The molecule has 0 bridgehead atoms. The Hall–Kier alpha value is -0.350. The third-order valence-electron chi connectivity index (χ3n) is 2.15. The molecule has 76 valence electrons. The summed E-state index contributed by atoms with van der Waals surface area (Å²) < 4.78 is 0. The summed E-state index contributed by atoms with van der Waals surface area (Å²) in [4.78, 5) is 2.32. The van der Waals surface area contributed by atoms with Gasteiger partial charge in [0.1, 0.15) is 0 Å². The minimum atomic E-state index is 0.416. The van der Waals surface area contributed by atoms with Crippen LogP contribution < -0.4 is 10.6 Å². The number of hydrogen-bond donors (Lipinski definition) is 2. The van der Waals surface area contributed by atoms with Crippen LogP contribution in [0.15, 0.2) is 0 Å². The number of hydrogen-bond acceptors (Lipinski definition) is 2. The third-order valence-corrected chi connectivity index (χ3v) is 2.38. The molecule has 1 saturated heterocycles. The lowest BCUT2D eigenvalue weighted by atomic mass is 10.3. The Labute approximate surface area is 85.9 Å². The van der Waals surface area contributed by atoms with Crippen LogP contribution in [0.4, 0.5) is 0 Å². The maximum Gasteiger partial charge on any atom is 0.166 e. The van der Waals surface area contributed by atoms with Gasteiger partial charge in [0, 0.05) is 18.6 Å². The van der Waals surface area contributed by atoms with E-state index >= 15 is 0 Å². The van der Waals surface area contributed by atoms with E-state index in [9.17, 15) is 0 Å². The Kier molecular flexibility index (Phi) is 3.93. The van der Waals surface area contributed by atoms with Gasteiger partial charge >= 0.3 is 0 Å². The van der Waals surface area contributed by atoms with Gasteiger partial charge in [-0.1, -0.05) is 0 Å². The van der Waals surface area contributed by atoms with Gasteiger partial charge in [0.05, 0.1) is 0 Å². The van der Waals surface area contributed by atoms with Gasteiger partial charge in [0.25, 0.3) is 0 Å². The molecule has 0 radical (unpaired) electrons. The van der Waals surface area contributed by atoms with Crippen molar-refractivity contribution >= 4 is 17.3 Å². The monoisotopic (exact) mass is 201 g/mol. The van der Waals surface area contributed by atoms with E-state index < -0.39 is 0 Å². The van der Waals surface area contributed by atoms with E-state index in [4.69, 9.17) is 12.2 Å². The van der Waals surface area contributed by atoms with Gasteiger partial charge in [0.15, 0.2) is 5.11 Å². The molecule has 1 heterocycles. The predicted octanol–water partition coefficient (Wildman–Crippen LogP) is 0.563. The number of nitrogens with zero attached hydrogens (tertiary/aromatic N) is 1. The molecular formula is C9H19N3S. The lowest BCUT2D eigenvalue weighted by Crippen LogP contribution is -2.45. The highest BCUT2D eigenvalue weighted by molar-refractivity contribution is 7.80. The van der Waals surface area contributed by atoms with Crippen LogP contribution in [0.25, 0.3) is 0 Å². The second-order valence-corrected chi connectivity index (χ2v) is 4.43. The van der Waals surface area contributed by atoms with Gasteiger partial charge in [-0.05, 0) is 46.1 Å². The second kappa shape index (κ2) is 4.77. The standard InChI is InChI=1S/C9H19N3S/c1-7(2)10-9(13)11-8-4-5-12(3)6-8/h7-8H,4-6H2,1-3H3,(H2,10,11,13). The van der Waals surface area contributed by atoms with Crippen LogP contribution in [0.5, 0.6) is 0 Å². The van der Waals surface area contributed by atoms with Crippen LogP contribution in [0.2, 0.25) is 0 Å². The number of nitrogens with one attached hydrogen (secondary N) is 2. The molecule has 4 heteroatoms. The van der Waals surface area contributed by atoms with E-state index in [1.54, 1.807) is 0 Å². The molecule has 0 amide bonds. The SMILES string of the molecule is CC(C)NC(=S)NC1CCN(C)C1. The van der Waals surface area contributed by atoms with Crippen LogP contribution in [0, 0.1) is 0 Å². The first-order chi connectivity index (χ1) is 6.08. The van der Waals surface area contributed by atoms with E-state index in [2.05, 4.69) is 36.4 Å². The molecule has 2 N–H and O–H groups in total. The zero-order valence-corrected chi connectivity index (χ0v) is 9.45. The first-order valence-electron chi connectivity index (χ1n) is 4.83. The molecule has 0 aromatic rings. The predicted molar refractivity (Wildman–Crippen MR) is 59.9 cm³/mol. The lowest BCUT2D eigenvalue weighted by Gasteiger charge is -2.17. The van der Waals surface area contributed by atoms with Gasteiger partial charge in [-0.2, -0.15) is 0 Å². The summed E-state index contributed by atoms with van der Waals surface area (Å²) in [5.41, 5.74) is 0. The van der Waals surface area contributed by atoms with Crippen molar-refractivity contribution in [2.75, 3.05) is 20.1 Å². The first-order valence-corrected chi connectivity index (χ1v) is 5.24. The van der Waals surface area contributed by atoms with E-state index in [-0.39, 0.29) is 0 Å². The Morgan fingerprint density at radius 2 is 2.23 bits per heavy atom. The van der Waals surface area contributed by atoms with Gasteiger partial charge in [-0.3, -0.25) is 0 Å². The smallest absolute Gasteiger partial charge is 0.166 e. The van der Waals surface area contributed by atoms with Crippen molar-refractivity contribution in [1.29, 1.82) is 0 Å². The Balaban J connectivity index is 2.21. The molecule has 0 aromatic heterocycles. The average molecular weight is 201 g/mol. The van der Waals surface area contributed by atoms with Crippen LogP contribution in [0.3, 0.4) is 0 Å². The molecule has 13 heavy (non-hydrogen) atoms. The number of thiocarbonyl (C=S) groups is 1. The van der Waals surface area contributed by atoms with Crippen molar-refractivity contribution in [3.63, 3.8) is 0 Å². The third kappa shape index (κ3) is 3.91. The molecular weight excluding hydrogens is 182 g/mol. The molecule has 0 saturated carbocycles. The van der Waals surface area contributed by atoms with Gasteiger partial charge in [-0.15, -0.1) is 0 Å². The summed E-state index contributed by atoms with van der Waals surface area (Å²) in [6, 6.07) is 0.947. The highest BCUT2D eigenvalue weighted by atomic mass is 32.1. The molecule has 3 nitrogen and oxygen atoms in total. The molecule has 1 fully saturated rings. The minimum absolute atomic E-state index is 0.416. The van der Waals surface area contributed by atoms with Crippen molar-refractivity contribution in [3.05, 3.63) is 0 Å². The van der Waals surface area contributed by atoms with Crippen LogP contribution >= 0.6 is 12.2 Å². The van der Waals surface area contributed by atoms with Crippen molar-refractivity contribution in [3.8, 4) is 0 Å². The first kappa shape index (κ1) is 10.7. The topological polar surface area (TPSA) is 27.3 Å². The van der Waals surface area contributed by atoms with Gasteiger partial charge < -0.3 is 15.5 Å². The molecule has 0 aromatic carbocycles. The van der Waals surface area contributed by atoms with E-state index in [0.29, 0.717) is 12.1 Å². The highest BCUT2D eigenvalue weighted by Gasteiger charge is 2.19. The van der Waals surface area contributed by atoms with Crippen molar-refractivity contribution in [2.45, 2.75) is 32.4 Å². The number of rotatable bonds is 2. The maximum atomic E-state index is 5.16. The lowest BCUT2D eigenvalue weighted by molar-refractivity contribution is 0.407. The van der Waals surface area contributed by atoms with E-state index in [1.165, 1.54) is 13.0 Å². The summed E-state index contributed by atoms with van der Waals surface area (Å²) >= 11 is 5.16. The molecule has 1 atom stereocenters. The Morgan fingerprint density at radius 3 is 2.69 bits per heavy atom. The summed E-state index contributed by atoms with van der Waals surface area (Å²) in [5, 5.41) is 7.29. The Morgan fingerprint density at radius 1 is 1.54 bits per heavy atom. The molecule has 1 unspecified atom stereocenters. The minimum Gasteiger partial charge on any atom is -0.361 e. The average Bonchev–Trinajstić information content (AvgIpc) is 2.33. The van der Waals surface area contributed by atoms with Crippen LogP contribution in [0.1, 0.15) is 20.3 Å². The summed E-state index contributed by atoms with van der Waals surface area (Å²) in [6.45, 7) is 6.45. The fourth-order valence-corrected chi connectivity index (χ4v) is 1.94. The molecule has 0 spiro atoms. The molecule has 1 rings (SSSR count). The summed E-state index contributed by atoms with van der Waals surface area (Å²) in [6.07, 6.45) is 1.19. The van der Waals surface area contributed by atoms with Crippen molar-refractivity contribution in [1.82, 2.24) is 15.5 Å². The molecule has 1 aliphatic heterocycles. The molecule has 0 aliphatic carbocycles. The van der Waals surface area contributed by atoms with Crippen molar-refractivity contribution < 1.29 is 0 Å². The van der Waals surface area contributed by atoms with Gasteiger partial charge in [0.2, 0.25) is 0 Å². The van der Waals surface area contributed by atoms with Crippen LogP contribution in [-0.4, -0.2) is 42.2 Å². The number of likely N-dealkylation sites (N-methyl/N-ethyl adjacent to an activating group) is 1. The summed E-state index contributed by atoms with van der Waals surface area (Å²) in [7, 11) is 2.14. The Bertz CT molecular complexity index is 182. The van der Waals surface area contributed by atoms with Crippen molar-refractivity contribution in [2.24, 2.45) is 0 Å². The molecule has 1 aliphatic rings. The second-order valence-electron chi connectivity index (χ2n) is 4.02. The quantitative estimate of drug-likeness (QED) is 0.639. The largest absolute Gasteiger partial charge is 0.361 e. The number of likely N-dealkylation sites (tertiary alicyclic amines) is 1. The van der Waals surface area contributed by atoms with E-state index in [1.807, 2.05) is 0 Å². The summed E-state index contributed by atoms with van der Waals surface area (Å²) in [5.74, 6) is 0. The fourth-order valence-electron chi connectivity index (χ4n) is 1.54. The van der Waals surface area contributed by atoms with Gasteiger partial charge in [-0.25, -0.2) is 0 Å². The normalized spacial score (nSPS) is 23.5. The maximum absolute atomic E-state index is 5.16. The highest BCUT2D eigenvalue weighted by Crippen LogP contribution is 2.05.